The van der Waals surface area contributed by atoms with Crippen LogP contribution in [-0.2, 0) is 0 Å². The minimum absolute atomic E-state index is 0. The van der Waals surface area contributed by atoms with E-state index in [1.165, 1.54) is 0 Å². The van der Waals surface area contributed by atoms with Crippen LogP contribution in [-0.4, -0.2) is 24.2 Å². The van der Waals surface area contributed by atoms with Crippen molar-refractivity contribution in [1.82, 2.24) is 4.98 Å². The Labute approximate surface area is 87.0 Å². The average Bonchev–Trinajstić information content (AvgIpc) is 2.45. The van der Waals surface area contributed by atoms with E-state index in [0.29, 0.717) is 11.5 Å². The number of aromatic nitrogens is 2. The van der Waals surface area contributed by atoms with Gasteiger partial charge >= 0.3 is 12.0 Å². The Morgan fingerprint density at radius 3 is 2.86 bits per heavy atom. The standard InChI is InChI=1S/C8H9N3O2.ClH/c1-10(2)8-11-4-3-9-5-6(11)7(12)13-8;/h3-5H,1-2H3;1H. The Morgan fingerprint density at radius 2 is 2.21 bits per heavy atom. The number of halogens is 1. The van der Waals surface area contributed by atoms with Crippen molar-refractivity contribution in [2.75, 3.05) is 19.0 Å². The molecule has 0 fully saturated rings. The van der Waals surface area contributed by atoms with Gasteiger partial charge in [-0.3, -0.25) is 4.98 Å². The zero-order chi connectivity index (χ0) is 9.42. The van der Waals surface area contributed by atoms with Crippen molar-refractivity contribution < 1.29 is 26.3 Å². The Bertz CT molecular complexity index is 441. The lowest BCUT2D eigenvalue weighted by molar-refractivity contribution is -0.503. The summed E-state index contributed by atoms with van der Waals surface area (Å²) in [6.45, 7) is 0. The summed E-state index contributed by atoms with van der Waals surface area (Å²) in [5, 5.41) is 9.39. The molecule has 0 aliphatic rings. The molecule has 14 heavy (non-hydrogen) atoms. The van der Waals surface area contributed by atoms with Crippen LogP contribution >= 0.6 is 0 Å². The van der Waals surface area contributed by atoms with Crippen LogP contribution in [0.5, 0.6) is 5.95 Å². The molecule has 0 aliphatic carbocycles. The molecule has 2 heterocycles. The lowest BCUT2D eigenvalue weighted by atomic mass is 10.5. The number of oxazole rings is 1. The Morgan fingerprint density at radius 1 is 1.50 bits per heavy atom. The molecule has 0 unspecified atom stereocenters. The minimum atomic E-state index is -0.114. The third kappa shape index (κ3) is 1.46. The zero-order valence-corrected chi connectivity index (χ0v) is 8.56. The Balaban J connectivity index is 0.000000980. The van der Waals surface area contributed by atoms with Crippen LogP contribution in [0.3, 0.4) is 0 Å². The normalized spacial score (nSPS) is 9.86. The van der Waals surface area contributed by atoms with Crippen molar-refractivity contribution in [3.05, 3.63) is 18.6 Å². The molecule has 0 aliphatic heterocycles. The predicted octanol–water partition coefficient (Wildman–Crippen LogP) is -2.81. The van der Waals surface area contributed by atoms with Gasteiger partial charge in [-0.25, -0.2) is 4.90 Å². The smallest absolute Gasteiger partial charge is 0.464 e. The molecule has 0 spiro atoms. The van der Waals surface area contributed by atoms with E-state index in [1.807, 2.05) is 14.1 Å². The number of aromatic hydroxyl groups is 1. The van der Waals surface area contributed by atoms with Gasteiger partial charge < -0.3 is 21.9 Å². The highest BCUT2D eigenvalue weighted by atomic mass is 35.5. The molecule has 2 aromatic rings. The maximum atomic E-state index is 9.39. The molecular weight excluding hydrogens is 206 g/mol. The van der Waals surface area contributed by atoms with Crippen molar-refractivity contribution in [3.8, 4) is 5.95 Å². The molecule has 6 heteroatoms. The van der Waals surface area contributed by atoms with Gasteiger partial charge in [0.1, 0.15) is 6.20 Å². The second kappa shape index (κ2) is 3.71. The summed E-state index contributed by atoms with van der Waals surface area (Å²) in [5.41, 5.74) is 0.561. The highest BCUT2D eigenvalue weighted by molar-refractivity contribution is 5.47. The first kappa shape index (κ1) is 10.6. The Kier molecular flexibility index (Phi) is 2.81. The molecule has 0 saturated heterocycles. The van der Waals surface area contributed by atoms with Crippen LogP contribution in [0.25, 0.3) is 5.52 Å². The summed E-state index contributed by atoms with van der Waals surface area (Å²) >= 11 is 0. The lowest BCUT2D eigenvalue weighted by Gasteiger charge is -1.96. The van der Waals surface area contributed by atoms with Crippen LogP contribution in [0.2, 0.25) is 0 Å². The van der Waals surface area contributed by atoms with Gasteiger partial charge in [-0.1, -0.05) is 0 Å². The summed E-state index contributed by atoms with van der Waals surface area (Å²) in [6.07, 6.45) is 4.91. The number of rotatable bonds is 1. The van der Waals surface area contributed by atoms with Gasteiger partial charge in [0.25, 0.3) is 0 Å². The van der Waals surface area contributed by atoms with Crippen LogP contribution < -0.4 is 21.7 Å². The van der Waals surface area contributed by atoms with E-state index in [4.69, 9.17) is 4.42 Å². The molecule has 0 saturated carbocycles. The molecule has 0 amide bonds. The molecule has 5 nitrogen and oxygen atoms in total. The highest BCUT2D eigenvalue weighted by Gasteiger charge is 2.20. The maximum Gasteiger partial charge on any atom is 0.464 e. The van der Waals surface area contributed by atoms with Gasteiger partial charge in [0.05, 0.1) is 26.5 Å². The Hall–Kier alpha value is -1.49. The number of hydrogen-bond donors (Lipinski definition) is 1. The highest BCUT2D eigenvalue weighted by Crippen LogP contribution is 2.20. The largest absolute Gasteiger partial charge is 1.00 e. The van der Waals surface area contributed by atoms with E-state index >= 15 is 0 Å². The van der Waals surface area contributed by atoms with Crippen LogP contribution in [0.15, 0.2) is 23.0 Å². The van der Waals surface area contributed by atoms with Gasteiger partial charge in [0.15, 0.2) is 0 Å². The molecule has 0 aromatic carbocycles. The molecule has 1 N–H and O–H groups in total. The quantitative estimate of drug-likeness (QED) is 0.522. The SMILES string of the molecule is CN(C)c1oc(O)c2cncc[n+]12.[Cl-]. The first-order valence-electron chi connectivity index (χ1n) is 3.84. The van der Waals surface area contributed by atoms with Crippen molar-refractivity contribution >= 4 is 11.5 Å². The second-order valence-electron chi connectivity index (χ2n) is 2.92. The second-order valence-corrected chi connectivity index (χ2v) is 2.92. The monoisotopic (exact) mass is 215 g/mol. The minimum Gasteiger partial charge on any atom is -1.00 e. The van der Waals surface area contributed by atoms with Crippen molar-refractivity contribution in [3.63, 3.8) is 0 Å². The summed E-state index contributed by atoms with van der Waals surface area (Å²) in [5.74, 6) is -0.114. The fraction of sp³-hybridized carbons (Fsp3) is 0.250. The van der Waals surface area contributed by atoms with E-state index in [0.717, 1.165) is 0 Å². The number of hydrogen-bond acceptors (Lipinski definition) is 4. The first-order valence-corrected chi connectivity index (χ1v) is 3.84. The van der Waals surface area contributed by atoms with Crippen LogP contribution in [0.4, 0.5) is 6.01 Å². The molecule has 0 atom stereocenters. The number of nitrogens with zero attached hydrogens (tertiary/aromatic N) is 3. The van der Waals surface area contributed by atoms with Gasteiger partial charge in [-0.15, -0.1) is 0 Å². The van der Waals surface area contributed by atoms with E-state index in [-0.39, 0.29) is 18.4 Å². The van der Waals surface area contributed by atoms with Gasteiger partial charge in [-0.05, 0) is 0 Å². The topological polar surface area (TPSA) is 53.6 Å². The van der Waals surface area contributed by atoms with Crippen molar-refractivity contribution in [2.45, 2.75) is 0 Å². The summed E-state index contributed by atoms with van der Waals surface area (Å²) in [7, 11) is 3.68. The average molecular weight is 216 g/mol. The van der Waals surface area contributed by atoms with E-state index < -0.39 is 0 Å². The zero-order valence-electron chi connectivity index (χ0n) is 7.81. The summed E-state index contributed by atoms with van der Waals surface area (Å²) in [4.78, 5) is 5.66. The third-order valence-electron chi connectivity index (χ3n) is 1.75. The maximum absolute atomic E-state index is 9.39. The summed E-state index contributed by atoms with van der Waals surface area (Å²) in [6, 6.07) is 0.565. The van der Waals surface area contributed by atoms with Gasteiger partial charge in [0.2, 0.25) is 5.52 Å². The van der Waals surface area contributed by atoms with Crippen molar-refractivity contribution in [1.29, 1.82) is 0 Å². The molecule has 2 rings (SSSR count). The fourth-order valence-corrected chi connectivity index (χ4v) is 1.18. The molecule has 0 bridgehead atoms. The van der Waals surface area contributed by atoms with E-state index in [2.05, 4.69) is 4.98 Å². The number of anilines is 1. The third-order valence-corrected chi connectivity index (χ3v) is 1.75. The van der Waals surface area contributed by atoms with Crippen LogP contribution in [0, 0.1) is 0 Å². The van der Waals surface area contributed by atoms with Gasteiger partial charge in [-0.2, -0.15) is 4.40 Å². The molecule has 0 radical (unpaired) electrons. The van der Waals surface area contributed by atoms with Crippen LogP contribution in [0.1, 0.15) is 0 Å². The van der Waals surface area contributed by atoms with E-state index in [1.54, 1.807) is 27.9 Å². The lowest BCUT2D eigenvalue weighted by Crippen LogP contribution is -3.00. The van der Waals surface area contributed by atoms with E-state index in [9.17, 15) is 5.11 Å². The first-order chi connectivity index (χ1) is 6.20. The number of fused-ring (bicyclic) bond motifs is 1. The van der Waals surface area contributed by atoms with Crippen molar-refractivity contribution in [2.24, 2.45) is 0 Å². The molecule has 2 aromatic heterocycles. The fourth-order valence-electron chi connectivity index (χ4n) is 1.18. The molecule has 76 valence electrons. The van der Waals surface area contributed by atoms with Gasteiger partial charge in [0, 0.05) is 0 Å². The predicted molar refractivity (Wildman–Crippen MR) is 45.7 cm³/mol. The molecular formula is C8H10ClN3O2. The summed E-state index contributed by atoms with van der Waals surface area (Å²) < 4.78 is 6.86.